The Bertz CT molecular complexity index is 339. The van der Waals surface area contributed by atoms with Crippen molar-refractivity contribution >= 4 is 21.8 Å². The third-order valence-corrected chi connectivity index (χ3v) is 4.00. The average Bonchev–Trinajstić information content (AvgIpc) is 2.83. The molecule has 1 amide bonds. The Morgan fingerprint density at radius 2 is 2.38 bits per heavy atom. The number of nitrogens with one attached hydrogen (secondary N) is 2. The second kappa shape index (κ2) is 5.48. The van der Waals surface area contributed by atoms with Gasteiger partial charge in [-0.1, -0.05) is 28.8 Å². The van der Waals surface area contributed by atoms with Crippen molar-refractivity contribution in [3.8, 4) is 0 Å². The van der Waals surface area contributed by atoms with Gasteiger partial charge in [-0.3, -0.25) is 9.89 Å². The van der Waals surface area contributed by atoms with Crippen molar-refractivity contribution in [2.75, 3.05) is 5.33 Å². The van der Waals surface area contributed by atoms with Crippen molar-refractivity contribution in [2.45, 2.75) is 31.7 Å². The van der Waals surface area contributed by atoms with Crippen molar-refractivity contribution in [3.63, 3.8) is 0 Å². The van der Waals surface area contributed by atoms with Crippen LogP contribution in [0.25, 0.3) is 0 Å². The average molecular weight is 286 g/mol. The van der Waals surface area contributed by atoms with E-state index in [2.05, 4.69) is 31.4 Å². The quantitative estimate of drug-likeness (QED) is 0.836. The van der Waals surface area contributed by atoms with E-state index in [1.54, 1.807) is 12.3 Å². The summed E-state index contributed by atoms with van der Waals surface area (Å²) in [6.07, 6.45) is 6.34. The highest BCUT2D eigenvalue weighted by Gasteiger charge is 2.25. The standard InChI is InChI=1S/C11H16BrN3O/c12-7-8-3-1-2-4-9(8)14-11(16)10-5-6-13-15-10/h5-6,8-9H,1-4,7H2,(H,13,15)(H,14,16). The molecule has 0 saturated heterocycles. The molecule has 1 aromatic heterocycles. The Labute approximate surface area is 103 Å². The first-order valence-corrected chi connectivity index (χ1v) is 6.79. The number of aromatic nitrogens is 2. The molecule has 1 heterocycles. The number of halogens is 1. The van der Waals surface area contributed by atoms with Gasteiger partial charge in [0.15, 0.2) is 0 Å². The molecule has 0 spiro atoms. The number of nitrogens with zero attached hydrogens (tertiary/aromatic N) is 1. The summed E-state index contributed by atoms with van der Waals surface area (Å²) in [6.45, 7) is 0. The monoisotopic (exact) mass is 285 g/mol. The maximum absolute atomic E-state index is 11.8. The summed E-state index contributed by atoms with van der Waals surface area (Å²) < 4.78 is 0. The number of hydrogen-bond donors (Lipinski definition) is 2. The Morgan fingerprint density at radius 3 is 3.06 bits per heavy atom. The summed E-state index contributed by atoms with van der Waals surface area (Å²) in [4.78, 5) is 11.8. The van der Waals surface area contributed by atoms with Crippen LogP contribution in [0.4, 0.5) is 0 Å². The van der Waals surface area contributed by atoms with Gasteiger partial charge in [0.05, 0.1) is 0 Å². The second-order valence-corrected chi connectivity index (χ2v) is 4.90. The van der Waals surface area contributed by atoms with E-state index < -0.39 is 0 Å². The van der Waals surface area contributed by atoms with E-state index in [1.165, 1.54) is 19.3 Å². The van der Waals surface area contributed by atoms with E-state index in [9.17, 15) is 4.79 Å². The van der Waals surface area contributed by atoms with Gasteiger partial charge in [-0.25, -0.2) is 0 Å². The van der Waals surface area contributed by atoms with Gasteiger partial charge in [-0.15, -0.1) is 0 Å². The molecule has 2 rings (SSSR count). The predicted molar refractivity (Wildman–Crippen MR) is 65.6 cm³/mol. The molecule has 88 valence electrons. The summed E-state index contributed by atoms with van der Waals surface area (Å²) >= 11 is 3.52. The summed E-state index contributed by atoms with van der Waals surface area (Å²) in [7, 11) is 0. The van der Waals surface area contributed by atoms with Crippen LogP contribution in [0.2, 0.25) is 0 Å². The molecule has 4 nitrogen and oxygen atoms in total. The maximum Gasteiger partial charge on any atom is 0.269 e. The van der Waals surface area contributed by atoms with Crippen molar-refractivity contribution in [1.29, 1.82) is 0 Å². The molecule has 1 aromatic rings. The molecule has 2 unspecified atom stereocenters. The molecule has 1 fully saturated rings. The molecule has 1 aliphatic rings. The molecule has 0 bridgehead atoms. The van der Waals surface area contributed by atoms with Crippen molar-refractivity contribution in [1.82, 2.24) is 15.5 Å². The molecule has 2 N–H and O–H groups in total. The van der Waals surface area contributed by atoms with Crippen LogP contribution in [0.15, 0.2) is 12.3 Å². The van der Waals surface area contributed by atoms with Crippen LogP contribution in [0.3, 0.4) is 0 Å². The largest absolute Gasteiger partial charge is 0.348 e. The van der Waals surface area contributed by atoms with Crippen LogP contribution in [0.5, 0.6) is 0 Å². The molecule has 2 atom stereocenters. The number of carbonyl (C=O) groups excluding carboxylic acids is 1. The predicted octanol–water partition coefficient (Wildman–Crippen LogP) is 2.09. The lowest BCUT2D eigenvalue weighted by molar-refractivity contribution is 0.0906. The van der Waals surface area contributed by atoms with Gasteiger partial charge in [0.2, 0.25) is 0 Å². The smallest absolute Gasteiger partial charge is 0.269 e. The number of carbonyl (C=O) groups is 1. The molecular formula is C11H16BrN3O. The fraction of sp³-hybridized carbons (Fsp3) is 0.636. The highest BCUT2D eigenvalue weighted by atomic mass is 79.9. The lowest BCUT2D eigenvalue weighted by Crippen LogP contribution is -2.42. The molecular weight excluding hydrogens is 270 g/mol. The Morgan fingerprint density at radius 1 is 1.56 bits per heavy atom. The number of hydrogen-bond acceptors (Lipinski definition) is 2. The maximum atomic E-state index is 11.8. The zero-order chi connectivity index (χ0) is 11.4. The third-order valence-electron chi connectivity index (χ3n) is 3.17. The van der Waals surface area contributed by atoms with Crippen molar-refractivity contribution in [3.05, 3.63) is 18.0 Å². The zero-order valence-electron chi connectivity index (χ0n) is 9.08. The minimum atomic E-state index is -0.0460. The molecule has 0 radical (unpaired) electrons. The summed E-state index contributed by atoms with van der Waals surface area (Å²) in [5.41, 5.74) is 0.541. The molecule has 0 aliphatic heterocycles. The fourth-order valence-electron chi connectivity index (χ4n) is 2.21. The molecule has 5 heteroatoms. The molecule has 1 saturated carbocycles. The van der Waals surface area contributed by atoms with Crippen LogP contribution < -0.4 is 5.32 Å². The van der Waals surface area contributed by atoms with Crippen LogP contribution in [-0.4, -0.2) is 27.5 Å². The van der Waals surface area contributed by atoms with Crippen LogP contribution in [0, 0.1) is 5.92 Å². The Kier molecular flexibility index (Phi) is 3.98. The second-order valence-electron chi connectivity index (χ2n) is 4.25. The van der Waals surface area contributed by atoms with Gasteiger partial charge in [-0.05, 0) is 24.8 Å². The number of H-pyrrole nitrogens is 1. The van der Waals surface area contributed by atoms with E-state index in [0.29, 0.717) is 17.7 Å². The summed E-state index contributed by atoms with van der Waals surface area (Å²) in [6, 6.07) is 1.99. The first kappa shape index (κ1) is 11.6. The minimum Gasteiger partial charge on any atom is -0.348 e. The number of aromatic amines is 1. The lowest BCUT2D eigenvalue weighted by Gasteiger charge is -2.30. The van der Waals surface area contributed by atoms with E-state index in [1.807, 2.05) is 0 Å². The fourth-order valence-corrected chi connectivity index (χ4v) is 2.99. The van der Waals surface area contributed by atoms with E-state index in [-0.39, 0.29) is 5.91 Å². The van der Waals surface area contributed by atoms with E-state index in [0.717, 1.165) is 11.8 Å². The first-order chi connectivity index (χ1) is 7.81. The van der Waals surface area contributed by atoms with Gasteiger partial charge in [-0.2, -0.15) is 5.10 Å². The zero-order valence-corrected chi connectivity index (χ0v) is 10.7. The number of alkyl halides is 1. The van der Waals surface area contributed by atoms with Gasteiger partial charge >= 0.3 is 0 Å². The molecule has 16 heavy (non-hydrogen) atoms. The SMILES string of the molecule is O=C(NC1CCCCC1CBr)c1ccn[nH]1. The van der Waals surface area contributed by atoms with Crippen molar-refractivity contribution in [2.24, 2.45) is 5.92 Å². The highest BCUT2D eigenvalue weighted by Crippen LogP contribution is 2.26. The third kappa shape index (κ3) is 2.64. The number of rotatable bonds is 3. The summed E-state index contributed by atoms with van der Waals surface area (Å²) in [5, 5.41) is 10.5. The van der Waals surface area contributed by atoms with E-state index in [4.69, 9.17) is 0 Å². The van der Waals surface area contributed by atoms with E-state index >= 15 is 0 Å². The summed E-state index contributed by atoms with van der Waals surface area (Å²) in [5.74, 6) is 0.510. The normalized spacial score (nSPS) is 25.3. The minimum absolute atomic E-state index is 0.0460. The first-order valence-electron chi connectivity index (χ1n) is 5.67. The number of amides is 1. The van der Waals surface area contributed by atoms with Crippen LogP contribution in [0.1, 0.15) is 36.2 Å². The van der Waals surface area contributed by atoms with Gasteiger partial charge in [0, 0.05) is 17.6 Å². The van der Waals surface area contributed by atoms with Gasteiger partial charge in [0.25, 0.3) is 5.91 Å². The molecule has 0 aromatic carbocycles. The van der Waals surface area contributed by atoms with Gasteiger partial charge in [0.1, 0.15) is 5.69 Å². The van der Waals surface area contributed by atoms with Crippen LogP contribution >= 0.6 is 15.9 Å². The van der Waals surface area contributed by atoms with Crippen LogP contribution in [-0.2, 0) is 0 Å². The molecule has 1 aliphatic carbocycles. The lowest BCUT2D eigenvalue weighted by atomic mass is 9.86. The Balaban J connectivity index is 1.95. The van der Waals surface area contributed by atoms with Gasteiger partial charge < -0.3 is 5.32 Å². The van der Waals surface area contributed by atoms with Crippen molar-refractivity contribution < 1.29 is 4.79 Å². The highest BCUT2D eigenvalue weighted by molar-refractivity contribution is 9.09. The Hall–Kier alpha value is -0.840. The topological polar surface area (TPSA) is 57.8 Å².